The van der Waals surface area contributed by atoms with E-state index < -0.39 is 42.0 Å². The molecule has 3 fully saturated rings. The Labute approximate surface area is 229 Å². The first-order valence-electron chi connectivity index (χ1n) is 13.9. The minimum absolute atomic E-state index is 0.00921. The molecule has 9 atom stereocenters. The molecule has 1 heterocycles. The van der Waals surface area contributed by atoms with Crippen LogP contribution in [0, 0.1) is 35.0 Å². The van der Waals surface area contributed by atoms with Crippen LogP contribution in [0.2, 0.25) is 0 Å². The number of carbonyl (C=O) groups excluding carboxylic acids is 3. The highest BCUT2D eigenvalue weighted by molar-refractivity contribution is 6.21. The SMILES string of the molecule is CCC(=O)OCC(=O)[C@]1(OC(=O)CC)C2C[C@H](O)[C@H]3[C@@H]([C@H](Cl)CC4=Cc5c(cnn5C)C[C@@]43C)[C@@H]2C[C@H]1C. The highest BCUT2D eigenvalue weighted by Gasteiger charge is 2.68. The third-order valence-electron chi connectivity index (χ3n) is 10.1. The minimum Gasteiger partial charge on any atom is -0.457 e. The van der Waals surface area contributed by atoms with Gasteiger partial charge in [-0.25, -0.2) is 0 Å². The number of ether oxygens (including phenoxy) is 2. The molecule has 0 bridgehead atoms. The highest BCUT2D eigenvalue weighted by atomic mass is 35.5. The Morgan fingerprint density at radius 2 is 1.92 bits per heavy atom. The number of hydrogen-bond donors (Lipinski definition) is 1. The van der Waals surface area contributed by atoms with Gasteiger partial charge in [0, 0.05) is 37.1 Å². The number of halogens is 1. The fourth-order valence-corrected chi connectivity index (χ4v) is 8.95. The monoisotopic (exact) mass is 546 g/mol. The molecule has 1 unspecified atom stereocenters. The lowest BCUT2D eigenvalue weighted by Gasteiger charge is -2.58. The summed E-state index contributed by atoms with van der Waals surface area (Å²) >= 11 is 7.18. The predicted molar refractivity (Wildman–Crippen MR) is 141 cm³/mol. The number of fused-ring (bicyclic) bond motifs is 6. The van der Waals surface area contributed by atoms with Crippen LogP contribution in [0.15, 0.2) is 11.8 Å². The Morgan fingerprint density at radius 1 is 1.21 bits per heavy atom. The van der Waals surface area contributed by atoms with Gasteiger partial charge in [-0.05, 0) is 60.5 Å². The molecule has 0 aliphatic heterocycles. The number of esters is 2. The Balaban J connectivity index is 1.53. The van der Waals surface area contributed by atoms with Gasteiger partial charge in [0.2, 0.25) is 5.78 Å². The van der Waals surface area contributed by atoms with Crippen LogP contribution in [0.3, 0.4) is 0 Å². The van der Waals surface area contributed by atoms with Crippen LogP contribution in [0.5, 0.6) is 0 Å². The van der Waals surface area contributed by atoms with Crippen LogP contribution in [-0.4, -0.2) is 56.3 Å². The molecule has 5 rings (SSSR count). The second-order valence-corrected chi connectivity index (χ2v) is 12.6. The molecule has 208 valence electrons. The van der Waals surface area contributed by atoms with E-state index in [0.29, 0.717) is 19.3 Å². The van der Waals surface area contributed by atoms with Crippen molar-refractivity contribution >= 4 is 35.4 Å². The zero-order valence-corrected chi connectivity index (χ0v) is 23.7. The number of rotatable bonds is 6. The van der Waals surface area contributed by atoms with E-state index >= 15 is 0 Å². The number of alkyl halides is 1. The summed E-state index contributed by atoms with van der Waals surface area (Å²) in [6, 6.07) is 0. The maximum absolute atomic E-state index is 13.8. The molecule has 1 N–H and O–H groups in total. The summed E-state index contributed by atoms with van der Waals surface area (Å²) in [4.78, 5) is 38.4. The molecular formula is C29H39ClN2O6. The normalized spacial score (nSPS) is 39.2. The second kappa shape index (κ2) is 9.77. The first kappa shape index (κ1) is 27.4. The summed E-state index contributed by atoms with van der Waals surface area (Å²) in [6.07, 6.45) is 6.11. The molecule has 4 aliphatic rings. The molecule has 3 saturated carbocycles. The number of aryl methyl sites for hydroxylation is 1. The Hall–Kier alpha value is -2.19. The van der Waals surface area contributed by atoms with Gasteiger partial charge in [0.25, 0.3) is 0 Å². The largest absolute Gasteiger partial charge is 0.457 e. The number of Topliss-reactive ketones (excluding diaryl/α,β-unsaturated/α-hetero) is 1. The van der Waals surface area contributed by atoms with Crippen molar-refractivity contribution in [1.82, 2.24) is 9.78 Å². The fourth-order valence-electron chi connectivity index (χ4n) is 8.44. The van der Waals surface area contributed by atoms with E-state index in [1.807, 2.05) is 24.9 Å². The highest BCUT2D eigenvalue weighted by Crippen LogP contribution is 2.65. The van der Waals surface area contributed by atoms with Gasteiger partial charge in [0.1, 0.15) is 0 Å². The van der Waals surface area contributed by atoms with Crippen LogP contribution in [0.25, 0.3) is 6.08 Å². The van der Waals surface area contributed by atoms with Gasteiger partial charge in [-0.15, -0.1) is 11.6 Å². The number of carbonyl (C=O) groups is 3. The summed E-state index contributed by atoms with van der Waals surface area (Å²) in [6.45, 7) is 7.08. The van der Waals surface area contributed by atoms with Crippen LogP contribution in [0.1, 0.15) is 71.1 Å². The molecular weight excluding hydrogens is 508 g/mol. The van der Waals surface area contributed by atoms with Crippen molar-refractivity contribution in [1.29, 1.82) is 0 Å². The Bertz CT molecular complexity index is 1180. The molecule has 0 spiro atoms. The number of aliphatic hydroxyl groups is 1. The zero-order valence-electron chi connectivity index (χ0n) is 22.9. The van der Waals surface area contributed by atoms with Crippen molar-refractivity contribution in [3.8, 4) is 0 Å². The molecule has 0 aromatic carbocycles. The average Bonchev–Trinajstić information content (AvgIpc) is 3.37. The standard InChI is InChI=1S/C29H39ClN2O6/c1-6-24(35)37-14-23(34)29(38-25(36)7-2)15(3)8-18-19(29)11-22(33)27-26(18)20(30)9-17-10-21-16(12-28(17,27)4)13-31-32(21)5/h10,13,15,18-20,22,26-27,33H,6-9,11-12,14H2,1-5H3/t15-,18-,19?,20-,22+,26-,27+,28+,29-/m1/s1. The summed E-state index contributed by atoms with van der Waals surface area (Å²) in [5.74, 6) is -2.21. The van der Waals surface area contributed by atoms with Crippen molar-refractivity contribution in [3.63, 3.8) is 0 Å². The molecule has 0 radical (unpaired) electrons. The van der Waals surface area contributed by atoms with E-state index in [1.165, 1.54) is 11.1 Å². The molecule has 0 saturated heterocycles. The predicted octanol–water partition coefficient (Wildman–Crippen LogP) is 3.86. The van der Waals surface area contributed by atoms with Gasteiger partial charge >= 0.3 is 11.9 Å². The topological polar surface area (TPSA) is 108 Å². The maximum Gasteiger partial charge on any atom is 0.306 e. The van der Waals surface area contributed by atoms with Crippen molar-refractivity contribution in [2.75, 3.05) is 6.61 Å². The number of aromatic nitrogens is 2. The number of hydrogen-bond acceptors (Lipinski definition) is 7. The van der Waals surface area contributed by atoms with Gasteiger partial charge < -0.3 is 14.6 Å². The van der Waals surface area contributed by atoms with Gasteiger partial charge in [-0.1, -0.05) is 33.3 Å². The number of nitrogens with zero attached hydrogens (tertiary/aromatic N) is 2. The molecule has 4 aliphatic carbocycles. The minimum atomic E-state index is -1.45. The molecule has 1 aromatic rings. The maximum atomic E-state index is 13.8. The van der Waals surface area contributed by atoms with E-state index in [2.05, 4.69) is 18.1 Å². The number of ketones is 1. The summed E-state index contributed by atoms with van der Waals surface area (Å²) in [5.41, 5.74) is 1.76. The third kappa shape index (κ3) is 3.96. The number of allylic oxidation sites excluding steroid dienone is 1. The van der Waals surface area contributed by atoms with Gasteiger partial charge in [-0.3, -0.25) is 19.1 Å². The van der Waals surface area contributed by atoms with Crippen LogP contribution in [-0.2, 0) is 37.3 Å². The van der Waals surface area contributed by atoms with E-state index in [0.717, 1.165) is 12.1 Å². The summed E-state index contributed by atoms with van der Waals surface area (Å²) in [7, 11) is 1.94. The number of aliphatic hydroxyl groups excluding tert-OH is 1. The zero-order chi connectivity index (χ0) is 27.6. The molecule has 38 heavy (non-hydrogen) atoms. The first-order chi connectivity index (χ1) is 18.0. The molecule has 8 nitrogen and oxygen atoms in total. The van der Waals surface area contributed by atoms with E-state index in [9.17, 15) is 19.5 Å². The van der Waals surface area contributed by atoms with Crippen molar-refractivity contribution in [3.05, 3.63) is 23.0 Å². The molecule has 9 heteroatoms. The second-order valence-electron chi connectivity index (χ2n) is 12.0. The van der Waals surface area contributed by atoms with Crippen molar-refractivity contribution < 1.29 is 29.0 Å². The lowest BCUT2D eigenvalue weighted by molar-refractivity contribution is -0.188. The third-order valence-corrected chi connectivity index (χ3v) is 10.6. The van der Waals surface area contributed by atoms with Crippen molar-refractivity contribution in [2.24, 2.45) is 42.1 Å². The molecule has 0 amide bonds. The van der Waals surface area contributed by atoms with E-state index in [-0.39, 0.29) is 47.3 Å². The summed E-state index contributed by atoms with van der Waals surface area (Å²) < 4.78 is 13.2. The van der Waals surface area contributed by atoms with Gasteiger partial charge in [0.15, 0.2) is 12.2 Å². The van der Waals surface area contributed by atoms with Crippen LogP contribution in [0.4, 0.5) is 0 Å². The van der Waals surface area contributed by atoms with Crippen LogP contribution >= 0.6 is 11.6 Å². The summed E-state index contributed by atoms with van der Waals surface area (Å²) in [5, 5.41) is 16.1. The van der Waals surface area contributed by atoms with Gasteiger partial charge in [0.05, 0.1) is 18.0 Å². The Kier molecular flexibility index (Phi) is 7.04. The quantitative estimate of drug-likeness (QED) is 0.426. The average molecular weight is 547 g/mol. The van der Waals surface area contributed by atoms with Crippen LogP contribution < -0.4 is 0 Å². The fraction of sp³-hybridized carbons (Fsp3) is 0.724. The molecule has 1 aromatic heterocycles. The van der Waals surface area contributed by atoms with Gasteiger partial charge in [-0.2, -0.15) is 5.10 Å². The van der Waals surface area contributed by atoms with E-state index in [1.54, 1.807) is 13.8 Å². The first-order valence-corrected chi connectivity index (χ1v) is 14.4. The smallest absolute Gasteiger partial charge is 0.306 e. The Morgan fingerprint density at radius 3 is 2.61 bits per heavy atom. The van der Waals surface area contributed by atoms with E-state index in [4.69, 9.17) is 21.1 Å². The lowest BCUT2D eigenvalue weighted by atomic mass is 9.48. The van der Waals surface area contributed by atoms with Crippen molar-refractivity contribution in [2.45, 2.75) is 83.3 Å². The lowest BCUT2D eigenvalue weighted by Crippen LogP contribution is -2.61.